The predicted octanol–water partition coefficient (Wildman–Crippen LogP) is 3.57. The van der Waals surface area contributed by atoms with E-state index in [0.29, 0.717) is 6.54 Å². The summed E-state index contributed by atoms with van der Waals surface area (Å²) in [6.07, 6.45) is -4.58. The van der Waals surface area contributed by atoms with Gasteiger partial charge in [-0.15, -0.1) is 0 Å². The molecule has 0 saturated heterocycles. The van der Waals surface area contributed by atoms with E-state index in [1.54, 1.807) is 0 Å². The second kappa shape index (κ2) is 5.74. The maximum atomic E-state index is 12.6. The number of aryl methyl sites for hydroxylation is 1. The van der Waals surface area contributed by atoms with Crippen molar-refractivity contribution in [1.29, 1.82) is 0 Å². The Balaban J connectivity index is 2.13. The van der Waals surface area contributed by atoms with Crippen LogP contribution in [0.3, 0.4) is 0 Å². The van der Waals surface area contributed by atoms with Gasteiger partial charge in [0.05, 0.1) is 0 Å². The smallest absolute Gasteiger partial charge is 0.350 e. The number of hydrogen-bond donors (Lipinski definition) is 1. The molecule has 0 saturated carbocycles. The van der Waals surface area contributed by atoms with Crippen molar-refractivity contribution in [3.63, 3.8) is 0 Å². The summed E-state index contributed by atoms with van der Waals surface area (Å²) < 4.78 is 38.6. The zero-order chi connectivity index (χ0) is 14.8. The monoisotopic (exact) mass is 346 g/mol. The van der Waals surface area contributed by atoms with Gasteiger partial charge in [-0.1, -0.05) is 28.1 Å². The Bertz CT molecular complexity index is 599. The highest BCUT2D eigenvalue weighted by atomic mass is 79.9. The van der Waals surface area contributed by atoms with Gasteiger partial charge >= 0.3 is 6.18 Å². The number of anilines is 1. The number of hydrogen-bond acceptors (Lipinski definition) is 4. The maximum absolute atomic E-state index is 12.6. The van der Waals surface area contributed by atoms with Gasteiger partial charge in [-0.2, -0.15) is 23.1 Å². The van der Waals surface area contributed by atoms with Crippen LogP contribution >= 0.6 is 15.9 Å². The van der Waals surface area contributed by atoms with E-state index < -0.39 is 12.0 Å². The molecule has 106 valence electrons. The fraction of sp³-hybridized carbons (Fsp3) is 0.250. The van der Waals surface area contributed by atoms with E-state index in [4.69, 9.17) is 0 Å². The summed E-state index contributed by atoms with van der Waals surface area (Å²) >= 11 is 3.30. The van der Waals surface area contributed by atoms with Gasteiger partial charge in [0.25, 0.3) is 0 Å². The van der Waals surface area contributed by atoms with Gasteiger partial charge in [0.1, 0.15) is 5.82 Å². The third kappa shape index (κ3) is 3.89. The van der Waals surface area contributed by atoms with Crippen molar-refractivity contribution in [3.8, 4) is 0 Å². The molecule has 20 heavy (non-hydrogen) atoms. The lowest BCUT2D eigenvalue weighted by Crippen LogP contribution is -2.15. The fourth-order valence-corrected chi connectivity index (χ4v) is 1.74. The second-order valence-corrected chi connectivity index (χ2v) is 4.92. The number of nitrogens with zero attached hydrogens (tertiary/aromatic N) is 3. The molecule has 2 aromatic rings. The molecule has 0 radical (unpaired) electrons. The number of halogens is 4. The highest BCUT2D eigenvalue weighted by Gasteiger charge is 2.35. The molecule has 1 aromatic carbocycles. The highest BCUT2D eigenvalue weighted by molar-refractivity contribution is 9.10. The van der Waals surface area contributed by atoms with Crippen molar-refractivity contribution in [2.75, 3.05) is 5.32 Å². The summed E-state index contributed by atoms with van der Waals surface area (Å²) in [6, 6.07) is 7.37. The molecule has 1 heterocycles. The van der Waals surface area contributed by atoms with E-state index in [-0.39, 0.29) is 11.8 Å². The van der Waals surface area contributed by atoms with Crippen molar-refractivity contribution < 1.29 is 13.2 Å². The number of rotatable bonds is 3. The molecule has 0 aliphatic carbocycles. The number of aromatic nitrogens is 3. The van der Waals surface area contributed by atoms with Crippen molar-refractivity contribution in [2.24, 2.45) is 0 Å². The lowest BCUT2D eigenvalue weighted by molar-refractivity contribution is -0.145. The first-order valence-electron chi connectivity index (χ1n) is 5.63. The van der Waals surface area contributed by atoms with Crippen LogP contribution in [-0.2, 0) is 12.7 Å². The molecular formula is C12H10BrF3N4. The topological polar surface area (TPSA) is 50.7 Å². The van der Waals surface area contributed by atoms with Gasteiger partial charge < -0.3 is 5.32 Å². The summed E-state index contributed by atoms with van der Waals surface area (Å²) in [6.45, 7) is 1.72. The Hall–Kier alpha value is -1.70. The molecule has 0 unspecified atom stereocenters. The quantitative estimate of drug-likeness (QED) is 0.922. The molecular weight excluding hydrogens is 337 g/mol. The lowest BCUT2D eigenvalue weighted by Gasteiger charge is -2.09. The Kier molecular flexibility index (Phi) is 4.22. The first-order valence-corrected chi connectivity index (χ1v) is 6.42. The largest absolute Gasteiger partial charge is 0.451 e. The van der Waals surface area contributed by atoms with Crippen molar-refractivity contribution in [3.05, 3.63) is 46.0 Å². The first-order chi connectivity index (χ1) is 9.34. The van der Waals surface area contributed by atoms with Crippen LogP contribution < -0.4 is 5.32 Å². The Morgan fingerprint density at radius 1 is 1.10 bits per heavy atom. The summed E-state index contributed by atoms with van der Waals surface area (Å²) in [7, 11) is 0. The molecule has 4 nitrogen and oxygen atoms in total. The molecule has 1 aromatic heterocycles. The molecule has 0 fully saturated rings. The van der Waals surface area contributed by atoms with E-state index in [2.05, 4.69) is 36.2 Å². The molecule has 0 amide bonds. The van der Waals surface area contributed by atoms with E-state index in [9.17, 15) is 13.2 Å². The van der Waals surface area contributed by atoms with Gasteiger partial charge in [0, 0.05) is 11.0 Å². The van der Waals surface area contributed by atoms with Gasteiger partial charge in [0.15, 0.2) is 0 Å². The molecule has 0 aliphatic rings. The molecule has 0 aliphatic heterocycles. The minimum absolute atomic E-state index is 0.0191. The van der Waals surface area contributed by atoms with Crippen molar-refractivity contribution in [2.45, 2.75) is 19.6 Å². The summed E-state index contributed by atoms with van der Waals surface area (Å²) in [5, 5.41) is 2.76. The minimum atomic E-state index is -4.58. The number of alkyl halides is 3. The second-order valence-electron chi connectivity index (χ2n) is 4.01. The van der Waals surface area contributed by atoms with Gasteiger partial charge in [0.2, 0.25) is 11.8 Å². The minimum Gasteiger partial charge on any atom is -0.350 e. The maximum Gasteiger partial charge on any atom is 0.451 e. The Morgan fingerprint density at radius 3 is 2.35 bits per heavy atom. The summed E-state index contributed by atoms with van der Waals surface area (Å²) in [5.41, 5.74) is 0.903. The van der Waals surface area contributed by atoms with Gasteiger partial charge in [-0.25, -0.2) is 4.98 Å². The summed E-state index contributed by atoms with van der Waals surface area (Å²) in [5.74, 6) is -1.26. The van der Waals surface area contributed by atoms with Gasteiger partial charge in [-0.05, 0) is 24.6 Å². The Labute approximate surface area is 121 Å². The van der Waals surface area contributed by atoms with Gasteiger partial charge in [-0.3, -0.25) is 0 Å². The number of benzene rings is 1. The van der Waals surface area contributed by atoms with Crippen LogP contribution in [-0.4, -0.2) is 15.0 Å². The lowest BCUT2D eigenvalue weighted by atomic mass is 10.2. The summed E-state index contributed by atoms with van der Waals surface area (Å²) in [4.78, 5) is 10.5. The van der Waals surface area contributed by atoms with Crippen LogP contribution in [0.15, 0.2) is 28.7 Å². The first kappa shape index (κ1) is 14.7. The average Bonchev–Trinajstić information content (AvgIpc) is 2.36. The van der Waals surface area contributed by atoms with E-state index >= 15 is 0 Å². The molecule has 8 heteroatoms. The number of nitrogens with one attached hydrogen (secondary N) is 1. The van der Waals surface area contributed by atoms with Crippen LogP contribution in [0.25, 0.3) is 0 Å². The average molecular weight is 347 g/mol. The van der Waals surface area contributed by atoms with Crippen LogP contribution in [0.4, 0.5) is 19.1 Å². The van der Waals surface area contributed by atoms with Crippen LogP contribution in [0.2, 0.25) is 0 Å². The van der Waals surface area contributed by atoms with Crippen LogP contribution in [0.5, 0.6) is 0 Å². The molecule has 0 bridgehead atoms. The molecule has 2 rings (SSSR count). The van der Waals surface area contributed by atoms with E-state index in [1.165, 1.54) is 6.92 Å². The third-order valence-corrected chi connectivity index (χ3v) is 2.89. The normalized spacial score (nSPS) is 11.4. The SMILES string of the molecule is Cc1nc(NCc2ccc(Br)cc2)nc(C(F)(F)F)n1. The highest BCUT2D eigenvalue weighted by Crippen LogP contribution is 2.26. The molecule has 1 N–H and O–H groups in total. The predicted molar refractivity (Wildman–Crippen MR) is 71.0 cm³/mol. The van der Waals surface area contributed by atoms with Crippen molar-refractivity contribution >= 4 is 21.9 Å². The Morgan fingerprint density at radius 2 is 1.75 bits per heavy atom. The third-order valence-electron chi connectivity index (χ3n) is 2.36. The molecule has 0 spiro atoms. The zero-order valence-corrected chi connectivity index (χ0v) is 12.0. The van der Waals surface area contributed by atoms with E-state index in [0.717, 1.165) is 10.0 Å². The van der Waals surface area contributed by atoms with Crippen LogP contribution in [0, 0.1) is 6.92 Å². The van der Waals surface area contributed by atoms with Crippen LogP contribution in [0.1, 0.15) is 17.2 Å². The molecule has 0 atom stereocenters. The standard InChI is InChI=1S/C12H10BrF3N4/c1-7-18-10(12(14,15)16)20-11(19-7)17-6-8-2-4-9(13)5-3-8/h2-5H,6H2,1H3,(H,17,18,19,20). The zero-order valence-electron chi connectivity index (χ0n) is 10.4. The van der Waals surface area contributed by atoms with E-state index in [1.807, 2.05) is 24.3 Å². The fourth-order valence-electron chi connectivity index (χ4n) is 1.47. The van der Waals surface area contributed by atoms with Crippen molar-refractivity contribution in [1.82, 2.24) is 15.0 Å².